The number of likely N-dealkylation sites (tertiary alicyclic amines) is 1. The van der Waals surface area contributed by atoms with Gasteiger partial charge in [0.2, 0.25) is 5.75 Å². The maximum absolute atomic E-state index is 13.7. The number of ether oxygens (including phenoxy) is 3. The van der Waals surface area contributed by atoms with E-state index in [-0.39, 0.29) is 5.91 Å². The van der Waals surface area contributed by atoms with E-state index in [1.54, 1.807) is 33.5 Å². The molecule has 1 saturated heterocycles. The highest BCUT2D eigenvalue weighted by Crippen LogP contribution is 2.38. The molecule has 6 nitrogen and oxygen atoms in total. The van der Waals surface area contributed by atoms with E-state index in [9.17, 15) is 4.79 Å². The molecule has 0 aromatic heterocycles. The second-order valence-corrected chi connectivity index (χ2v) is 8.92. The van der Waals surface area contributed by atoms with Gasteiger partial charge in [0.25, 0.3) is 5.91 Å². The van der Waals surface area contributed by atoms with Crippen molar-refractivity contribution in [2.24, 2.45) is 0 Å². The van der Waals surface area contributed by atoms with Crippen LogP contribution >= 0.6 is 0 Å². The Labute approximate surface area is 204 Å². The number of methoxy groups -OCH3 is 3. The molecule has 0 aliphatic carbocycles. The lowest BCUT2D eigenvalue weighted by atomic mass is 10.1. The molecule has 0 radical (unpaired) electrons. The molecule has 1 atom stereocenters. The third-order valence-corrected chi connectivity index (χ3v) is 6.42. The van der Waals surface area contributed by atoms with Crippen molar-refractivity contribution in [3.05, 3.63) is 59.2 Å². The predicted octanol–water partition coefficient (Wildman–Crippen LogP) is 5.13. The molecule has 2 aromatic carbocycles. The van der Waals surface area contributed by atoms with Crippen molar-refractivity contribution >= 4 is 12.0 Å². The van der Waals surface area contributed by atoms with Crippen molar-refractivity contribution in [2.75, 3.05) is 47.5 Å². The number of carbonyl (C=O) groups is 1. The molecule has 0 saturated carbocycles. The lowest BCUT2D eigenvalue weighted by Crippen LogP contribution is -2.36. The van der Waals surface area contributed by atoms with E-state index in [1.165, 1.54) is 12.8 Å². The van der Waals surface area contributed by atoms with Crippen LogP contribution < -0.4 is 14.2 Å². The molecule has 1 fully saturated rings. The van der Waals surface area contributed by atoms with Gasteiger partial charge in [-0.25, -0.2) is 0 Å². The number of carbonyl (C=O) groups excluding carboxylic acids is 1. The normalized spacial score (nSPS) is 16.4. The van der Waals surface area contributed by atoms with Crippen LogP contribution in [0.4, 0.5) is 0 Å². The Balaban J connectivity index is 1.82. The van der Waals surface area contributed by atoms with E-state index in [0.29, 0.717) is 41.9 Å². The molecule has 1 aliphatic heterocycles. The fraction of sp³-hybridized carbons (Fsp3) is 0.464. The maximum atomic E-state index is 13.7. The Kier molecular flexibility index (Phi) is 9.40. The fourth-order valence-corrected chi connectivity index (χ4v) is 4.61. The SMILES string of the molecule is COc1cc(C(=O)N(CCCN2CCCC2C)CC(C)=Cc2ccccc2)cc(OC)c1OC. The first-order valence-corrected chi connectivity index (χ1v) is 12.0. The summed E-state index contributed by atoms with van der Waals surface area (Å²) >= 11 is 0. The Bertz CT molecular complexity index is 949. The predicted molar refractivity (Wildman–Crippen MR) is 137 cm³/mol. The summed E-state index contributed by atoms with van der Waals surface area (Å²) in [6.45, 7) is 7.75. The van der Waals surface area contributed by atoms with Crippen molar-refractivity contribution in [3.8, 4) is 17.2 Å². The van der Waals surface area contributed by atoms with Crippen molar-refractivity contribution in [3.63, 3.8) is 0 Å². The van der Waals surface area contributed by atoms with E-state index in [2.05, 4.69) is 37.0 Å². The zero-order valence-corrected chi connectivity index (χ0v) is 21.2. The monoisotopic (exact) mass is 466 g/mol. The molecule has 6 heteroatoms. The smallest absolute Gasteiger partial charge is 0.254 e. The largest absolute Gasteiger partial charge is 0.493 e. The lowest BCUT2D eigenvalue weighted by Gasteiger charge is -2.26. The van der Waals surface area contributed by atoms with Gasteiger partial charge in [0.1, 0.15) is 0 Å². The highest BCUT2D eigenvalue weighted by molar-refractivity contribution is 5.96. The molecular formula is C28H38N2O4. The molecule has 34 heavy (non-hydrogen) atoms. The number of hydrogen-bond donors (Lipinski definition) is 0. The number of amides is 1. The highest BCUT2D eigenvalue weighted by Gasteiger charge is 2.23. The zero-order valence-electron chi connectivity index (χ0n) is 21.2. The van der Waals surface area contributed by atoms with Crippen molar-refractivity contribution < 1.29 is 19.0 Å². The van der Waals surface area contributed by atoms with E-state index < -0.39 is 0 Å². The number of rotatable bonds is 11. The summed E-state index contributed by atoms with van der Waals surface area (Å²) < 4.78 is 16.4. The first-order valence-electron chi connectivity index (χ1n) is 12.0. The maximum Gasteiger partial charge on any atom is 0.254 e. The van der Waals surface area contributed by atoms with Crippen LogP contribution in [0.1, 0.15) is 49.0 Å². The van der Waals surface area contributed by atoms with Gasteiger partial charge < -0.3 is 24.0 Å². The van der Waals surface area contributed by atoms with Gasteiger partial charge in [0.15, 0.2) is 11.5 Å². The summed E-state index contributed by atoms with van der Waals surface area (Å²) in [5.41, 5.74) is 2.78. The molecule has 2 aromatic rings. The van der Waals surface area contributed by atoms with E-state index in [0.717, 1.165) is 30.6 Å². The summed E-state index contributed by atoms with van der Waals surface area (Å²) in [6, 6.07) is 14.3. The van der Waals surface area contributed by atoms with E-state index in [1.807, 2.05) is 23.1 Å². The van der Waals surface area contributed by atoms with Crippen LogP contribution in [0.3, 0.4) is 0 Å². The summed E-state index contributed by atoms with van der Waals surface area (Å²) in [5.74, 6) is 1.39. The third kappa shape index (κ3) is 6.54. The average Bonchev–Trinajstić information content (AvgIpc) is 3.26. The van der Waals surface area contributed by atoms with Gasteiger partial charge in [0, 0.05) is 31.2 Å². The van der Waals surface area contributed by atoms with Gasteiger partial charge in [-0.2, -0.15) is 0 Å². The fourth-order valence-electron chi connectivity index (χ4n) is 4.61. The van der Waals surface area contributed by atoms with Gasteiger partial charge in [-0.15, -0.1) is 0 Å². The van der Waals surface area contributed by atoms with Gasteiger partial charge >= 0.3 is 0 Å². The first kappa shape index (κ1) is 25.6. The minimum atomic E-state index is -0.0467. The minimum absolute atomic E-state index is 0.0467. The summed E-state index contributed by atoms with van der Waals surface area (Å²) in [5, 5.41) is 0. The molecular weight excluding hydrogens is 428 g/mol. The third-order valence-electron chi connectivity index (χ3n) is 6.42. The molecule has 1 amide bonds. The van der Waals surface area contributed by atoms with Crippen LogP contribution in [0, 0.1) is 0 Å². The molecule has 184 valence electrons. The minimum Gasteiger partial charge on any atom is -0.493 e. The quantitative estimate of drug-likeness (QED) is 0.459. The second kappa shape index (κ2) is 12.5. The van der Waals surface area contributed by atoms with E-state index >= 15 is 0 Å². The lowest BCUT2D eigenvalue weighted by molar-refractivity contribution is 0.0761. The molecule has 0 spiro atoms. The standard InChI is InChI=1S/C28H38N2O4/c1-21(17-23-12-7-6-8-13-23)20-30(16-10-15-29-14-9-11-22(29)2)28(31)24-18-25(32-3)27(34-5)26(19-24)33-4/h6-8,12-13,17-19,22H,9-11,14-16,20H2,1-5H3. The Morgan fingerprint density at radius 3 is 2.32 bits per heavy atom. The molecule has 1 unspecified atom stereocenters. The zero-order chi connectivity index (χ0) is 24.5. The highest BCUT2D eigenvalue weighted by atomic mass is 16.5. The first-order chi connectivity index (χ1) is 16.5. The van der Waals surface area contributed by atoms with Crippen LogP contribution in [0.25, 0.3) is 6.08 Å². The van der Waals surface area contributed by atoms with Gasteiger partial charge in [0.05, 0.1) is 21.3 Å². The van der Waals surface area contributed by atoms with Gasteiger partial charge in [-0.1, -0.05) is 42.0 Å². The summed E-state index contributed by atoms with van der Waals surface area (Å²) in [4.78, 5) is 18.1. The Morgan fingerprint density at radius 2 is 1.76 bits per heavy atom. The van der Waals surface area contributed by atoms with Gasteiger partial charge in [-0.3, -0.25) is 4.79 Å². The summed E-state index contributed by atoms with van der Waals surface area (Å²) in [6.07, 6.45) is 5.58. The Morgan fingerprint density at radius 1 is 1.09 bits per heavy atom. The molecule has 1 aliphatic rings. The average molecular weight is 467 g/mol. The summed E-state index contributed by atoms with van der Waals surface area (Å²) in [7, 11) is 4.69. The Hall–Kier alpha value is -2.99. The molecule has 3 rings (SSSR count). The molecule has 1 heterocycles. The van der Waals surface area contributed by atoms with E-state index in [4.69, 9.17) is 14.2 Å². The number of hydrogen-bond acceptors (Lipinski definition) is 5. The van der Waals surface area contributed by atoms with Crippen molar-refractivity contribution in [1.82, 2.24) is 9.80 Å². The van der Waals surface area contributed by atoms with Crippen LogP contribution in [0.2, 0.25) is 0 Å². The van der Waals surface area contributed by atoms with Crippen LogP contribution in [-0.2, 0) is 0 Å². The number of nitrogens with zero attached hydrogens (tertiary/aromatic N) is 2. The van der Waals surface area contributed by atoms with Crippen LogP contribution in [-0.4, -0.2) is 69.3 Å². The molecule has 0 N–H and O–H groups in total. The van der Waals surface area contributed by atoms with Crippen LogP contribution in [0.15, 0.2) is 48.0 Å². The number of benzene rings is 2. The topological polar surface area (TPSA) is 51.2 Å². The molecule has 0 bridgehead atoms. The van der Waals surface area contributed by atoms with Crippen molar-refractivity contribution in [2.45, 2.75) is 39.2 Å². The van der Waals surface area contributed by atoms with Crippen molar-refractivity contribution in [1.29, 1.82) is 0 Å². The van der Waals surface area contributed by atoms with Crippen LogP contribution in [0.5, 0.6) is 17.2 Å². The van der Waals surface area contributed by atoms with Gasteiger partial charge in [-0.05, 0) is 57.4 Å². The second-order valence-electron chi connectivity index (χ2n) is 8.92.